The van der Waals surface area contributed by atoms with Gasteiger partial charge in [0.1, 0.15) is 0 Å². The van der Waals surface area contributed by atoms with E-state index < -0.39 is 11.7 Å². The van der Waals surface area contributed by atoms with E-state index in [2.05, 4.69) is 15.6 Å². The average Bonchev–Trinajstić information content (AvgIpc) is 3.14. The number of aliphatic hydroxyl groups is 1. The largest absolute Gasteiger partial charge is 0.418 e. The summed E-state index contributed by atoms with van der Waals surface area (Å²) in [5.74, 6) is -0.360. The van der Waals surface area contributed by atoms with Crippen molar-refractivity contribution in [3.8, 4) is 0 Å². The van der Waals surface area contributed by atoms with Crippen molar-refractivity contribution in [1.82, 2.24) is 4.98 Å². The normalized spacial score (nSPS) is 11.3. The fraction of sp³-hybridized carbons (Fsp3) is 0.158. The lowest BCUT2D eigenvalue weighted by atomic mass is 10.1. The van der Waals surface area contributed by atoms with Crippen molar-refractivity contribution in [2.45, 2.75) is 19.3 Å². The van der Waals surface area contributed by atoms with Gasteiger partial charge in [-0.1, -0.05) is 24.3 Å². The van der Waals surface area contributed by atoms with Crippen LogP contribution in [0.15, 0.2) is 53.9 Å². The van der Waals surface area contributed by atoms with Crippen LogP contribution in [0.2, 0.25) is 0 Å². The first kappa shape index (κ1) is 19.8. The Labute approximate surface area is 162 Å². The van der Waals surface area contributed by atoms with E-state index in [0.29, 0.717) is 16.4 Å². The van der Waals surface area contributed by atoms with E-state index in [1.54, 1.807) is 29.6 Å². The molecule has 5 nitrogen and oxygen atoms in total. The number of hydrogen-bond acceptors (Lipinski definition) is 5. The molecule has 1 heterocycles. The lowest BCUT2D eigenvalue weighted by Gasteiger charge is -2.14. The smallest absolute Gasteiger partial charge is 0.390 e. The number of aromatic nitrogens is 1. The maximum Gasteiger partial charge on any atom is 0.418 e. The molecule has 28 heavy (non-hydrogen) atoms. The predicted octanol–water partition coefficient (Wildman–Crippen LogP) is 4.52. The highest BCUT2D eigenvalue weighted by atomic mass is 32.1. The zero-order valence-corrected chi connectivity index (χ0v) is 15.3. The van der Waals surface area contributed by atoms with E-state index in [1.165, 1.54) is 29.5 Å². The number of nitrogens with one attached hydrogen (secondary N) is 2. The molecule has 0 spiro atoms. The van der Waals surface area contributed by atoms with Gasteiger partial charge in [-0.2, -0.15) is 13.2 Å². The first-order valence-corrected chi connectivity index (χ1v) is 9.10. The number of nitrogens with zero attached hydrogens (tertiary/aromatic N) is 1. The molecule has 3 aromatic rings. The molecule has 0 atom stereocenters. The summed E-state index contributed by atoms with van der Waals surface area (Å²) >= 11 is 1.20. The van der Waals surface area contributed by atoms with Crippen LogP contribution in [-0.2, 0) is 19.3 Å². The van der Waals surface area contributed by atoms with Crippen LogP contribution in [0.3, 0.4) is 0 Å². The number of benzene rings is 2. The minimum atomic E-state index is -4.43. The second kappa shape index (κ2) is 8.41. The van der Waals surface area contributed by atoms with Crippen molar-refractivity contribution in [2.24, 2.45) is 0 Å². The Morgan fingerprint density at radius 2 is 1.82 bits per heavy atom. The van der Waals surface area contributed by atoms with Gasteiger partial charge in [-0.15, -0.1) is 11.3 Å². The molecule has 3 N–H and O–H groups in total. The molecular formula is C19H16F3N3O2S. The molecule has 0 aliphatic rings. The van der Waals surface area contributed by atoms with Gasteiger partial charge in [0, 0.05) is 23.2 Å². The summed E-state index contributed by atoms with van der Waals surface area (Å²) in [6, 6.07) is 11.8. The van der Waals surface area contributed by atoms with Crippen molar-refractivity contribution in [1.29, 1.82) is 0 Å². The summed E-state index contributed by atoms with van der Waals surface area (Å²) in [6.45, 7) is -0.0210. The van der Waals surface area contributed by atoms with E-state index in [-0.39, 0.29) is 24.7 Å². The molecule has 0 aliphatic heterocycles. The maximum atomic E-state index is 13.0. The van der Waals surface area contributed by atoms with Crippen LogP contribution in [0.5, 0.6) is 0 Å². The molecule has 1 amide bonds. The van der Waals surface area contributed by atoms with Crippen molar-refractivity contribution in [3.63, 3.8) is 0 Å². The molecule has 0 fully saturated rings. The number of halogens is 3. The van der Waals surface area contributed by atoms with Gasteiger partial charge in [-0.25, -0.2) is 4.98 Å². The van der Waals surface area contributed by atoms with Crippen LogP contribution >= 0.6 is 11.3 Å². The lowest BCUT2D eigenvalue weighted by molar-refractivity contribution is -0.137. The zero-order valence-electron chi connectivity index (χ0n) is 14.5. The number of carbonyl (C=O) groups excluding carboxylic acids is 1. The first-order valence-electron chi connectivity index (χ1n) is 8.22. The number of alkyl halides is 3. The van der Waals surface area contributed by atoms with E-state index in [9.17, 15) is 18.0 Å². The lowest BCUT2D eigenvalue weighted by Crippen LogP contribution is -2.12. The summed E-state index contributed by atoms with van der Waals surface area (Å²) in [7, 11) is 0. The number of aliphatic hydroxyl groups excluding tert-OH is 1. The number of amides is 1. The minimum Gasteiger partial charge on any atom is -0.390 e. The molecule has 0 saturated heterocycles. The highest BCUT2D eigenvalue weighted by Gasteiger charge is 2.33. The topological polar surface area (TPSA) is 74.2 Å². The summed E-state index contributed by atoms with van der Waals surface area (Å²) in [5, 5.41) is 16.4. The Bertz CT molecular complexity index is 956. The molecule has 0 aliphatic carbocycles. The Balaban J connectivity index is 1.63. The van der Waals surface area contributed by atoms with Gasteiger partial charge < -0.3 is 10.4 Å². The van der Waals surface area contributed by atoms with Crippen LogP contribution in [0, 0.1) is 0 Å². The van der Waals surface area contributed by atoms with Crippen LogP contribution in [0.25, 0.3) is 0 Å². The highest BCUT2D eigenvalue weighted by Crippen LogP contribution is 2.34. The van der Waals surface area contributed by atoms with Gasteiger partial charge in [0.05, 0.1) is 17.9 Å². The van der Waals surface area contributed by atoms with E-state index in [1.807, 2.05) is 0 Å². The Kier molecular flexibility index (Phi) is 5.96. The van der Waals surface area contributed by atoms with Crippen LogP contribution in [0.4, 0.5) is 24.0 Å². The fourth-order valence-corrected chi connectivity index (χ4v) is 3.16. The SMILES string of the molecule is O=C(Nc1nc(CO)cs1)c1ccc(CNc2ccccc2C(F)(F)F)cc1. The quantitative estimate of drug-likeness (QED) is 0.562. The van der Waals surface area contributed by atoms with Gasteiger partial charge in [0.15, 0.2) is 5.13 Å². The minimum absolute atomic E-state index is 0.000256. The summed E-state index contributed by atoms with van der Waals surface area (Å²) < 4.78 is 39.0. The van der Waals surface area contributed by atoms with Gasteiger partial charge >= 0.3 is 6.18 Å². The highest BCUT2D eigenvalue weighted by molar-refractivity contribution is 7.13. The van der Waals surface area contributed by atoms with Gasteiger partial charge in [-0.05, 0) is 29.8 Å². The van der Waals surface area contributed by atoms with Crippen LogP contribution in [-0.4, -0.2) is 16.0 Å². The molecule has 9 heteroatoms. The second-order valence-corrected chi connectivity index (χ2v) is 6.71. The van der Waals surface area contributed by atoms with Gasteiger partial charge in [-0.3, -0.25) is 10.1 Å². The first-order chi connectivity index (χ1) is 13.4. The van der Waals surface area contributed by atoms with Gasteiger partial charge in [0.25, 0.3) is 5.91 Å². The van der Waals surface area contributed by atoms with E-state index in [4.69, 9.17) is 5.11 Å². The zero-order chi connectivity index (χ0) is 20.1. The summed E-state index contributed by atoms with van der Waals surface area (Å²) in [6.07, 6.45) is -4.43. The summed E-state index contributed by atoms with van der Waals surface area (Å²) in [5.41, 5.74) is 0.864. The standard InChI is InChI=1S/C19H16F3N3O2S/c20-19(21,22)15-3-1-2-4-16(15)23-9-12-5-7-13(8-6-12)17(27)25-18-24-14(10-26)11-28-18/h1-8,11,23,26H,9-10H2,(H,24,25,27). The molecule has 146 valence electrons. The Hall–Kier alpha value is -2.91. The second-order valence-electron chi connectivity index (χ2n) is 5.85. The molecule has 0 radical (unpaired) electrons. The molecular weight excluding hydrogens is 391 g/mol. The van der Waals surface area contributed by atoms with Crippen molar-refractivity contribution >= 4 is 28.1 Å². The Morgan fingerprint density at radius 3 is 2.46 bits per heavy atom. The monoisotopic (exact) mass is 407 g/mol. The number of rotatable bonds is 6. The van der Waals surface area contributed by atoms with Crippen LogP contribution < -0.4 is 10.6 Å². The van der Waals surface area contributed by atoms with Crippen molar-refractivity contribution in [2.75, 3.05) is 10.6 Å². The third-order valence-corrected chi connectivity index (χ3v) is 4.67. The molecule has 3 rings (SSSR count). The summed E-state index contributed by atoms with van der Waals surface area (Å²) in [4.78, 5) is 16.2. The molecule has 1 aromatic heterocycles. The van der Waals surface area contributed by atoms with Gasteiger partial charge in [0.2, 0.25) is 0 Å². The Morgan fingerprint density at radius 1 is 1.11 bits per heavy atom. The number of carbonyl (C=O) groups is 1. The number of hydrogen-bond donors (Lipinski definition) is 3. The number of para-hydroxylation sites is 1. The molecule has 2 aromatic carbocycles. The third kappa shape index (κ3) is 4.87. The molecule has 0 unspecified atom stereocenters. The maximum absolute atomic E-state index is 13.0. The van der Waals surface area contributed by atoms with Crippen LogP contribution in [0.1, 0.15) is 27.2 Å². The molecule has 0 bridgehead atoms. The fourth-order valence-electron chi connectivity index (χ4n) is 2.46. The number of anilines is 2. The van der Waals surface area contributed by atoms with Crippen molar-refractivity contribution in [3.05, 3.63) is 76.3 Å². The van der Waals surface area contributed by atoms with E-state index >= 15 is 0 Å². The van der Waals surface area contributed by atoms with E-state index in [0.717, 1.165) is 11.6 Å². The third-order valence-electron chi connectivity index (χ3n) is 3.87. The number of thiazole rings is 1. The average molecular weight is 407 g/mol. The molecule has 0 saturated carbocycles. The van der Waals surface area contributed by atoms with Crippen molar-refractivity contribution < 1.29 is 23.1 Å². The predicted molar refractivity (Wildman–Crippen MR) is 101 cm³/mol.